The number of amides is 1. The highest BCUT2D eigenvalue weighted by atomic mass is 32.1. The quantitative estimate of drug-likeness (QED) is 0.574. The third-order valence-electron chi connectivity index (χ3n) is 3.95. The average molecular weight is 391 g/mol. The lowest BCUT2D eigenvalue weighted by molar-refractivity contribution is 0.0951. The van der Waals surface area contributed by atoms with Crippen LogP contribution in [0.3, 0.4) is 0 Å². The van der Waals surface area contributed by atoms with E-state index in [4.69, 9.17) is 9.47 Å². The van der Waals surface area contributed by atoms with E-state index in [1.54, 1.807) is 24.3 Å². The van der Waals surface area contributed by atoms with Crippen LogP contribution in [0.4, 0.5) is 8.78 Å². The van der Waals surface area contributed by atoms with Crippen LogP contribution in [0.2, 0.25) is 0 Å². The van der Waals surface area contributed by atoms with Gasteiger partial charge in [-0.15, -0.1) is 11.3 Å². The number of carbonyl (C=O) groups excluding carboxylic acids is 1. The third kappa shape index (κ3) is 4.61. The number of halogens is 2. The summed E-state index contributed by atoms with van der Waals surface area (Å²) in [5, 5.41) is 3.27. The molecular formula is C20H19F2NO3S. The van der Waals surface area contributed by atoms with Crippen LogP contribution < -0.4 is 10.1 Å². The Morgan fingerprint density at radius 3 is 2.67 bits per heavy atom. The monoisotopic (exact) mass is 391 g/mol. The summed E-state index contributed by atoms with van der Waals surface area (Å²) in [5.41, 5.74) is 0.565. The molecule has 0 saturated heterocycles. The van der Waals surface area contributed by atoms with E-state index in [0.29, 0.717) is 45.8 Å². The molecule has 1 N–H and O–H groups in total. The number of nitrogens with one attached hydrogen (secondary N) is 1. The summed E-state index contributed by atoms with van der Waals surface area (Å²) in [6.07, 6.45) is 0.585. The first kappa shape index (κ1) is 19.3. The first-order chi connectivity index (χ1) is 13.1. The number of hydrogen-bond acceptors (Lipinski definition) is 4. The van der Waals surface area contributed by atoms with Gasteiger partial charge < -0.3 is 14.8 Å². The van der Waals surface area contributed by atoms with E-state index >= 15 is 0 Å². The van der Waals surface area contributed by atoms with Crippen molar-refractivity contribution in [3.8, 4) is 5.75 Å². The molecule has 0 bridgehead atoms. The van der Waals surface area contributed by atoms with Gasteiger partial charge in [0.25, 0.3) is 5.91 Å². The van der Waals surface area contributed by atoms with E-state index in [9.17, 15) is 13.6 Å². The smallest absolute Gasteiger partial charge is 0.261 e. The molecule has 1 heterocycles. The minimum Gasteiger partial charge on any atom is -0.494 e. The number of thiophene rings is 1. The van der Waals surface area contributed by atoms with Crippen molar-refractivity contribution >= 4 is 27.3 Å². The lowest BCUT2D eigenvalue weighted by Crippen LogP contribution is -2.25. The van der Waals surface area contributed by atoms with Crippen LogP contribution in [0.1, 0.15) is 21.7 Å². The van der Waals surface area contributed by atoms with E-state index in [1.807, 2.05) is 0 Å². The molecule has 0 atom stereocenters. The van der Waals surface area contributed by atoms with Crippen LogP contribution in [-0.4, -0.2) is 26.2 Å². The maximum atomic E-state index is 14.2. The van der Waals surface area contributed by atoms with Gasteiger partial charge in [-0.05, 0) is 42.8 Å². The Kier molecular flexibility index (Phi) is 6.36. The molecule has 0 aliphatic rings. The van der Waals surface area contributed by atoms with Gasteiger partial charge in [0.15, 0.2) is 0 Å². The van der Waals surface area contributed by atoms with Gasteiger partial charge >= 0.3 is 0 Å². The third-order valence-corrected chi connectivity index (χ3v) is 5.14. The number of methoxy groups -OCH3 is 1. The van der Waals surface area contributed by atoms with Crippen LogP contribution in [-0.2, 0) is 11.3 Å². The summed E-state index contributed by atoms with van der Waals surface area (Å²) >= 11 is 1.25. The zero-order chi connectivity index (χ0) is 19.2. The number of rotatable bonds is 8. The first-order valence-corrected chi connectivity index (χ1v) is 9.27. The van der Waals surface area contributed by atoms with E-state index < -0.39 is 0 Å². The van der Waals surface area contributed by atoms with Crippen molar-refractivity contribution in [2.75, 3.05) is 20.3 Å². The van der Waals surface area contributed by atoms with Crippen LogP contribution in [0.15, 0.2) is 42.5 Å². The zero-order valence-electron chi connectivity index (χ0n) is 14.8. The molecule has 0 radical (unpaired) electrons. The van der Waals surface area contributed by atoms with E-state index in [-0.39, 0.29) is 24.1 Å². The molecule has 27 heavy (non-hydrogen) atoms. The summed E-state index contributed by atoms with van der Waals surface area (Å²) in [5.74, 6) is -0.363. The Hall–Kier alpha value is -2.51. The molecule has 7 heteroatoms. The predicted octanol–water partition coefficient (Wildman–Crippen LogP) is 4.52. The number of fused-ring (bicyclic) bond motifs is 1. The molecule has 3 aromatic rings. The van der Waals surface area contributed by atoms with Crippen LogP contribution in [0.5, 0.6) is 5.75 Å². The second-order valence-corrected chi connectivity index (χ2v) is 6.92. The maximum absolute atomic E-state index is 14.2. The predicted molar refractivity (Wildman–Crippen MR) is 101 cm³/mol. The average Bonchev–Trinajstić information content (AvgIpc) is 3.03. The van der Waals surface area contributed by atoms with Gasteiger partial charge in [0, 0.05) is 29.3 Å². The van der Waals surface area contributed by atoms with Crippen molar-refractivity contribution in [3.63, 3.8) is 0 Å². The SMILES string of the molecule is COCc1c(C(=O)NCCCOc2ccc(F)cc2)sc2cccc(F)c12. The Bertz CT molecular complexity index is 925. The van der Waals surface area contributed by atoms with Gasteiger partial charge in [-0.2, -0.15) is 0 Å². The molecule has 2 aromatic carbocycles. The Labute approximate surface area is 159 Å². The van der Waals surface area contributed by atoms with Crippen molar-refractivity contribution < 1.29 is 23.0 Å². The minimum atomic E-state index is -0.359. The summed E-state index contributed by atoms with van der Waals surface area (Å²) in [6, 6.07) is 10.6. The number of ether oxygens (including phenoxy) is 2. The highest BCUT2D eigenvalue weighted by molar-refractivity contribution is 7.21. The topological polar surface area (TPSA) is 47.6 Å². The normalized spacial score (nSPS) is 10.9. The van der Waals surface area contributed by atoms with Gasteiger partial charge in [0.1, 0.15) is 17.4 Å². The maximum Gasteiger partial charge on any atom is 0.261 e. The molecule has 1 amide bonds. The molecular weight excluding hydrogens is 372 g/mol. The fourth-order valence-electron chi connectivity index (χ4n) is 2.71. The van der Waals surface area contributed by atoms with Crippen molar-refractivity contribution in [3.05, 3.63) is 64.5 Å². The molecule has 0 aliphatic carbocycles. The molecule has 3 rings (SSSR count). The summed E-state index contributed by atoms with van der Waals surface area (Å²) < 4.78 is 38.4. The van der Waals surface area contributed by atoms with Gasteiger partial charge in [-0.25, -0.2) is 8.78 Å². The summed E-state index contributed by atoms with van der Waals surface area (Å²) in [7, 11) is 1.51. The lowest BCUT2D eigenvalue weighted by atomic mass is 10.1. The molecule has 0 fully saturated rings. The number of hydrogen-bond donors (Lipinski definition) is 1. The molecule has 0 saturated carbocycles. The summed E-state index contributed by atoms with van der Waals surface area (Å²) in [6.45, 7) is 0.957. The van der Waals surface area contributed by atoms with Gasteiger partial charge in [0.2, 0.25) is 0 Å². The molecule has 0 unspecified atom stereocenters. The van der Waals surface area contributed by atoms with E-state index in [0.717, 1.165) is 0 Å². The second kappa shape index (κ2) is 8.92. The van der Waals surface area contributed by atoms with Crippen LogP contribution in [0.25, 0.3) is 10.1 Å². The lowest BCUT2D eigenvalue weighted by Gasteiger charge is -2.08. The zero-order valence-corrected chi connectivity index (χ0v) is 15.6. The molecule has 142 valence electrons. The standard InChI is InChI=1S/C20H19F2NO3S/c1-25-12-15-18-16(22)4-2-5-17(18)27-19(15)20(24)23-10-3-11-26-14-8-6-13(21)7-9-14/h2,4-9H,3,10-12H2,1H3,(H,23,24). The second-order valence-electron chi connectivity index (χ2n) is 5.87. The van der Waals surface area contributed by atoms with Crippen molar-refractivity contribution in [1.29, 1.82) is 0 Å². The van der Waals surface area contributed by atoms with Gasteiger partial charge in [-0.1, -0.05) is 6.07 Å². The van der Waals surface area contributed by atoms with E-state index in [2.05, 4.69) is 5.32 Å². The molecule has 4 nitrogen and oxygen atoms in total. The fourth-order valence-corrected chi connectivity index (χ4v) is 3.85. The van der Waals surface area contributed by atoms with Crippen molar-refractivity contribution in [1.82, 2.24) is 5.32 Å². The van der Waals surface area contributed by atoms with E-state index in [1.165, 1.54) is 36.6 Å². The van der Waals surface area contributed by atoms with Crippen LogP contribution >= 0.6 is 11.3 Å². The largest absolute Gasteiger partial charge is 0.494 e. The highest BCUT2D eigenvalue weighted by Crippen LogP contribution is 2.33. The fraction of sp³-hybridized carbons (Fsp3) is 0.250. The van der Waals surface area contributed by atoms with Gasteiger partial charge in [0.05, 0.1) is 18.1 Å². The first-order valence-electron chi connectivity index (χ1n) is 8.45. The molecule has 1 aromatic heterocycles. The Morgan fingerprint density at radius 1 is 1.15 bits per heavy atom. The van der Waals surface area contributed by atoms with Crippen LogP contribution in [0, 0.1) is 11.6 Å². The number of benzene rings is 2. The Morgan fingerprint density at radius 2 is 1.93 bits per heavy atom. The summed E-state index contributed by atoms with van der Waals surface area (Å²) in [4.78, 5) is 13.0. The number of carbonyl (C=O) groups is 1. The molecule has 0 aliphatic heterocycles. The minimum absolute atomic E-state index is 0.164. The highest BCUT2D eigenvalue weighted by Gasteiger charge is 2.20. The van der Waals surface area contributed by atoms with Crippen molar-refractivity contribution in [2.24, 2.45) is 0 Å². The van der Waals surface area contributed by atoms with Gasteiger partial charge in [-0.3, -0.25) is 4.79 Å². The van der Waals surface area contributed by atoms with Crippen molar-refractivity contribution in [2.45, 2.75) is 13.0 Å². The molecule has 0 spiro atoms. The Balaban J connectivity index is 1.58.